The average molecular weight is 414 g/mol. The van der Waals surface area contributed by atoms with E-state index in [0.717, 1.165) is 31.0 Å². The van der Waals surface area contributed by atoms with Crippen LogP contribution in [-0.2, 0) is 4.74 Å². The van der Waals surface area contributed by atoms with Crippen LogP contribution in [0.1, 0.15) is 26.2 Å². The first-order valence-electron chi connectivity index (χ1n) is 9.96. The lowest BCUT2D eigenvalue weighted by Crippen LogP contribution is -2.62. The molecule has 0 unspecified atom stereocenters. The lowest BCUT2D eigenvalue weighted by molar-refractivity contribution is -0.147. The number of halogens is 2. The number of likely N-dealkylation sites (tertiary alicyclic amines) is 2. The fourth-order valence-corrected chi connectivity index (χ4v) is 3.99. The van der Waals surface area contributed by atoms with Gasteiger partial charge in [0.15, 0.2) is 0 Å². The van der Waals surface area contributed by atoms with Crippen LogP contribution in [0, 0.1) is 11.6 Å². The van der Waals surface area contributed by atoms with Crippen LogP contribution in [0.4, 0.5) is 13.6 Å². The first kappa shape index (κ1) is 21.7. The number of piperidine rings is 2. The number of rotatable bonds is 5. The summed E-state index contributed by atoms with van der Waals surface area (Å²) < 4.78 is 37.1. The highest BCUT2D eigenvalue weighted by Gasteiger charge is 2.44. The zero-order valence-corrected chi connectivity index (χ0v) is 16.5. The van der Waals surface area contributed by atoms with Crippen LogP contribution in [0.3, 0.4) is 0 Å². The predicted molar refractivity (Wildman–Crippen MR) is 101 cm³/mol. The maximum atomic E-state index is 13.3. The molecule has 162 valence electrons. The normalized spacial score (nSPS) is 26.4. The molecular formula is C20H28F2N2O5. The molecule has 2 N–H and O–H groups in total. The zero-order valence-electron chi connectivity index (χ0n) is 16.5. The largest absolute Gasteiger partial charge is 0.490 e. The number of carbonyl (C=O) groups is 1. The molecule has 3 rings (SSSR count). The molecule has 9 heteroatoms. The van der Waals surface area contributed by atoms with Crippen molar-refractivity contribution in [2.75, 3.05) is 39.4 Å². The first-order chi connectivity index (χ1) is 13.8. The molecule has 2 atom stereocenters. The van der Waals surface area contributed by atoms with Crippen LogP contribution in [-0.4, -0.2) is 83.2 Å². The van der Waals surface area contributed by atoms with Crippen molar-refractivity contribution >= 4 is 6.09 Å². The van der Waals surface area contributed by atoms with Crippen LogP contribution < -0.4 is 4.74 Å². The Kier molecular flexibility index (Phi) is 6.92. The molecule has 0 aromatic heterocycles. The second-order valence-corrected chi connectivity index (χ2v) is 7.69. The summed E-state index contributed by atoms with van der Waals surface area (Å²) in [5.41, 5.74) is -1.56. The number of aliphatic hydroxyl groups excluding tert-OH is 1. The molecule has 1 aromatic carbocycles. The second-order valence-electron chi connectivity index (χ2n) is 7.69. The van der Waals surface area contributed by atoms with E-state index < -0.39 is 23.3 Å². The molecule has 2 heterocycles. The van der Waals surface area contributed by atoms with Crippen molar-refractivity contribution in [3.8, 4) is 5.75 Å². The number of benzene rings is 1. The molecule has 1 amide bonds. The topological polar surface area (TPSA) is 82.5 Å². The van der Waals surface area contributed by atoms with Gasteiger partial charge in [0, 0.05) is 50.4 Å². The molecule has 7 nitrogen and oxygen atoms in total. The number of hydrogen-bond acceptors (Lipinski definition) is 6. The summed E-state index contributed by atoms with van der Waals surface area (Å²) >= 11 is 0. The van der Waals surface area contributed by atoms with Crippen LogP contribution >= 0.6 is 0 Å². The smallest absolute Gasteiger partial charge is 0.409 e. The molecule has 1 aromatic rings. The Hall–Kier alpha value is -1.97. The van der Waals surface area contributed by atoms with Crippen LogP contribution in [0.15, 0.2) is 18.2 Å². The maximum absolute atomic E-state index is 13.3. The maximum Gasteiger partial charge on any atom is 0.409 e. The number of aliphatic hydroxyl groups is 2. The molecule has 0 aliphatic carbocycles. The Balaban J connectivity index is 1.57. The molecule has 0 bridgehead atoms. The van der Waals surface area contributed by atoms with Crippen molar-refractivity contribution in [3.63, 3.8) is 0 Å². The average Bonchev–Trinajstić information content (AvgIpc) is 2.68. The minimum Gasteiger partial charge on any atom is -0.490 e. The number of carbonyl (C=O) groups excluding carboxylic acids is 1. The number of β-amino-alcohol motifs (C(OH)–C–C–N with tert-alkyl or cyclic N) is 1. The van der Waals surface area contributed by atoms with Crippen LogP contribution in [0.25, 0.3) is 0 Å². The Morgan fingerprint density at radius 2 is 1.83 bits per heavy atom. The molecule has 0 radical (unpaired) electrons. The Morgan fingerprint density at radius 1 is 1.17 bits per heavy atom. The lowest BCUT2D eigenvalue weighted by Gasteiger charge is -2.47. The Bertz CT molecular complexity index is 694. The second kappa shape index (κ2) is 9.23. The van der Waals surface area contributed by atoms with E-state index in [0.29, 0.717) is 32.7 Å². The number of amides is 1. The summed E-state index contributed by atoms with van der Waals surface area (Å²) in [4.78, 5) is 15.6. The predicted octanol–water partition coefficient (Wildman–Crippen LogP) is 1.76. The number of hydrogen-bond donors (Lipinski definition) is 2. The molecule has 2 saturated heterocycles. The Morgan fingerprint density at radius 3 is 2.45 bits per heavy atom. The quantitative estimate of drug-likeness (QED) is 0.764. The molecule has 0 saturated carbocycles. The first-order valence-corrected chi connectivity index (χ1v) is 9.96. The lowest BCUT2D eigenvalue weighted by atomic mass is 9.88. The third kappa shape index (κ3) is 5.34. The van der Waals surface area contributed by atoms with Gasteiger partial charge >= 0.3 is 6.09 Å². The van der Waals surface area contributed by atoms with E-state index in [4.69, 9.17) is 9.47 Å². The van der Waals surface area contributed by atoms with E-state index in [2.05, 4.69) is 4.90 Å². The molecule has 2 aliphatic rings. The third-order valence-corrected chi connectivity index (χ3v) is 5.62. The summed E-state index contributed by atoms with van der Waals surface area (Å²) in [5.74, 6) is -1.58. The van der Waals surface area contributed by atoms with Gasteiger partial charge in [-0.1, -0.05) is 0 Å². The number of nitrogens with zero attached hydrogens (tertiary/aromatic N) is 2. The van der Waals surface area contributed by atoms with Crippen molar-refractivity contribution in [1.29, 1.82) is 0 Å². The van der Waals surface area contributed by atoms with E-state index >= 15 is 0 Å². The van der Waals surface area contributed by atoms with Crippen molar-refractivity contribution < 1.29 is 33.3 Å². The van der Waals surface area contributed by atoms with Crippen molar-refractivity contribution in [2.45, 2.75) is 43.9 Å². The van der Waals surface area contributed by atoms with Gasteiger partial charge in [0.05, 0.1) is 12.7 Å². The Labute approximate surface area is 168 Å². The summed E-state index contributed by atoms with van der Waals surface area (Å²) in [7, 11) is 0. The van der Waals surface area contributed by atoms with E-state index in [9.17, 15) is 23.8 Å². The van der Waals surface area contributed by atoms with Gasteiger partial charge in [-0.15, -0.1) is 0 Å². The highest BCUT2D eigenvalue weighted by molar-refractivity contribution is 5.67. The fourth-order valence-electron chi connectivity index (χ4n) is 3.99. The molecule has 2 fully saturated rings. The summed E-state index contributed by atoms with van der Waals surface area (Å²) in [6.07, 6.45) is 0.515. The fraction of sp³-hybridized carbons (Fsp3) is 0.650. The highest BCUT2D eigenvalue weighted by Crippen LogP contribution is 2.28. The SMILES string of the molecule is CCOC(=O)N1CCC(N2CC[C@H](O)[C@@](O)(COc3cc(F)cc(F)c3)C2)CC1. The van der Waals surface area contributed by atoms with Gasteiger partial charge in [-0.05, 0) is 26.2 Å². The van der Waals surface area contributed by atoms with E-state index in [-0.39, 0.29) is 31.0 Å². The van der Waals surface area contributed by atoms with Crippen molar-refractivity contribution in [1.82, 2.24) is 9.80 Å². The third-order valence-electron chi connectivity index (χ3n) is 5.62. The monoisotopic (exact) mass is 414 g/mol. The summed E-state index contributed by atoms with van der Waals surface area (Å²) in [6.45, 7) is 3.75. The van der Waals surface area contributed by atoms with E-state index in [1.807, 2.05) is 0 Å². The number of ether oxygens (including phenoxy) is 2. The van der Waals surface area contributed by atoms with Gasteiger partial charge in [0.25, 0.3) is 0 Å². The van der Waals surface area contributed by atoms with Gasteiger partial charge < -0.3 is 24.6 Å². The molecular weight excluding hydrogens is 386 g/mol. The van der Waals surface area contributed by atoms with E-state index in [1.54, 1.807) is 11.8 Å². The van der Waals surface area contributed by atoms with Crippen LogP contribution in [0.5, 0.6) is 5.75 Å². The van der Waals surface area contributed by atoms with Gasteiger partial charge in [-0.2, -0.15) is 0 Å². The van der Waals surface area contributed by atoms with Crippen molar-refractivity contribution in [3.05, 3.63) is 29.8 Å². The van der Waals surface area contributed by atoms with E-state index in [1.165, 1.54) is 0 Å². The minimum absolute atomic E-state index is 0.0389. The highest BCUT2D eigenvalue weighted by atomic mass is 19.1. The standard InChI is InChI=1S/C20H28F2N2O5/c1-2-28-19(26)23-6-3-16(4-7-23)24-8-5-18(25)20(27,12-24)13-29-17-10-14(21)9-15(22)11-17/h9-11,16,18,25,27H,2-8,12-13H2,1H3/t18-,20-/m0/s1. The summed E-state index contributed by atoms with van der Waals surface area (Å²) in [6, 6.07) is 2.96. The molecule has 0 spiro atoms. The van der Waals surface area contributed by atoms with Gasteiger partial charge in [-0.25, -0.2) is 13.6 Å². The zero-order chi connectivity index (χ0) is 21.0. The van der Waals surface area contributed by atoms with Gasteiger partial charge in [0.1, 0.15) is 29.6 Å². The summed E-state index contributed by atoms with van der Waals surface area (Å²) in [5, 5.41) is 21.3. The molecule has 29 heavy (non-hydrogen) atoms. The van der Waals surface area contributed by atoms with Crippen molar-refractivity contribution in [2.24, 2.45) is 0 Å². The van der Waals surface area contributed by atoms with Gasteiger partial charge in [-0.3, -0.25) is 4.90 Å². The van der Waals surface area contributed by atoms with Crippen LogP contribution in [0.2, 0.25) is 0 Å². The molecule has 2 aliphatic heterocycles. The van der Waals surface area contributed by atoms with Gasteiger partial charge in [0.2, 0.25) is 0 Å². The minimum atomic E-state index is -1.56.